The summed E-state index contributed by atoms with van der Waals surface area (Å²) in [7, 11) is 0. The average molecular weight is 197 g/mol. The first kappa shape index (κ1) is 11.7. The highest BCUT2D eigenvalue weighted by Gasteiger charge is 2.25. The summed E-state index contributed by atoms with van der Waals surface area (Å²) in [4.78, 5) is 11.5. The first-order chi connectivity index (χ1) is 6.65. The molecule has 0 amide bonds. The number of rotatable bonds is 5. The molecule has 0 radical (unpaired) electrons. The summed E-state index contributed by atoms with van der Waals surface area (Å²) in [6, 6.07) is 0.681. The van der Waals surface area contributed by atoms with Crippen molar-refractivity contribution in [3.63, 3.8) is 0 Å². The summed E-state index contributed by atoms with van der Waals surface area (Å²) in [5.41, 5.74) is 0. The fourth-order valence-corrected chi connectivity index (χ4v) is 2.26. The van der Waals surface area contributed by atoms with Crippen LogP contribution in [0.1, 0.15) is 52.9 Å². The molecule has 1 aliphatic rings. The Balaban J connectivity index is 2.45. The highest BCUT2D eigenvalue weighted by molar-refractivity contribution is 5.81. The van der Waals surface area contributed by atoms with Crippen LogP contribution >= 0.6 is 0 Å². The van der Waals surface area contributed by atoms with E-state index in [1.807, 2.05) is 0 Å². The van der Waals surface area contributed by atoms with Gasteiger partial charge in [0.15, 0.2) is 0 Å². The van der Waals surface area contributed by atoms with E-state index in [9.17, 15) is 4.79 Å². The van der Waals surface area contributed by atoms with Crippen LogP contribution in [0, 0.1) is 5.92 Å². The van der Waals surface area contributed by atoms with Gasteiger partial charge in [0.2, 0.25) is 0 Å². The Morgan fingerprint density at radius 2 is 2.00 bits per heavy atom. The molecule has 2 atom stereocenters. The number of Topliss-reactive ketones (excluding diaryl/α,β-unsaturated/α-hetero) is 1. The lowest BCUT2D eigenvalue weighted by atomic mass is 9.95. The molecule has 0 aromatic carbocycles. The van der Waals surface area contributed by atoms with Crippen LogP contribution in [0.25, 0.3) is 0 Å². The third kappa shape index (κ3) is 3.09. The molecule has 0 spiro atoms. The van der Waals surface area contributed by atoms with Crippen LogP contribution in [0.2, 0.25) is 0 Å². The number of hydrogen-bond donors (Lipinski definition) is 1. The molecule has 82 valence electrons. The predicted octanol–water partition coefficient (Wildman–Crippen LogP) is 2.52. The number of carbonyl (C=O) groups excluding carboxylic acids is 1. The second kappa shape index (κ2) is 5.50. The van der Waals surface area contributed by atoms with Crippen molar-refractivity contribution in [2.24, 2.45) is 5.92 Å². The lowest BCUT2D eigenvalue weighted by Crippen LogP contribution is -2.45. The van der Waals surface area contributed by atoms with E-state index >= 15 is 0 Å². The molecule has 2 nitrogen and oxygen atoms in total. The third-order valence-electron chi connectivity index (χ3n) is 3.42. The number of ketones is 1. The van der Waals surface area contributed by atoms with Gasteiger partial charge < -0.3 is 5.32 Å². The Labute approximate surface area is 87.5 Å². The SMILES string of the molecule is CCC(C)C(NC1CCCC1)C(C)=O. The standard InChI is InChI=1S/C12H23NO/c1-4-9(2)12(10(3)14)13-11-7-5-6-8-11/h9,11-13H,4-8H2,1-3H3. The Morgan fingerprint density at radius 3 is 2.43 bits per heavy atom. The van der Waals surface area contributed by atoms with Crippen molar-refractivity contribution < 1.29 is 4.79 Å². The maximum atomic E-state index is 11.5. The monoisotopic (exact) mass is 197 g/mol. The zero-order valence-electron chi connectivity index (χ0n) is 9.68. The van der Waals surface area contributed by atoms with Gasteiger partial charge >= 0.3 is 0 Å². The normalized spacial score (nSPS) is 22.2. The van der Waals surface area contributed by atoms with Crippen molar-refractivity contribution in [2.75, 3.05) is 0 Å². The molecule has 1 saturated carbocycles. The molecule has 0 saturated heterocycles. The Bertz CT molecular complexity index is 185. The molecule has 0 aromatic rings. The van der Waals surface area contributed by atoms with Gasteiger partial charge in [-0.1, -0.05) is 33.1 Å². The molecule has 1 N–H and O–H groups in total. The minimum absolute atomic E-state index is 0.0862. The molecular formula is C12H23NO. The minimum atomic E-state index is 0.0862. The summed E-state index contributed by atoms with van der Waals surface area (Å²) in [6.45, 7) is 6.02. The molecule has 2 unspecified atom stereocenters. The van der Waals surface area contributed by atoms with Gasteiger partial charge in [-0.2, -0.15) is 0 Å². The molecule has 0 heterocycles. The van der Waals surface area contributed by atoms with Crippen molar-refractivity contribution in [1.82, 2.24) is 5.32 Å². The van der Waals surface area contributed by atoms with Gasteiger partial charge in [0, 0.05) is 6.04 Å². The van der Waals surface area contributed by atoms with E-state index < -0.39 is 0 Å². The van der Waals surface area contributed by atoms with E-state index in [-0.39, 0.29) is 6.04 Å². The van der Waals surface area contributed by atoms with Crippen molar-refractivity contribution in [2.45, 2.75) is 65.0 Å². The van der Waals surface area contributed by atoms with Crippen molar-refractivity contribution in [1.29, 1.82) is 0 Å². The first-order valence-electron chi connectivity index (χ1n) is 5.91. The smallest absolute Gasteiger partial charge is 0.146 e. The Hall–Kier alpha value is -0.370. The molecule has 0 bridgehead atoms. The zero-order valence-corrected chi connectivity index (χ0v) is 9.68. The molecule has 14 heavy (non-hydrogen) atoms. The Kier molecular flexibility index (Phi) is 4.59. The van der Waals surface area contributed by atoms with E-state index in [0.29, 0.717) is 17.7 Å². The van der Waals surface area contributed by atoms with Crippen molar-refractivity contribution >= 4 is 5.78 Å². The summed E-state index contributed by atoms with van der Waals surface area (Å²) >= 11 is 0. The molecule has 0 aromatic heterocycles. The topological polar surface area (TPSA) is 29.1 Å². The van der Waals surface area contributed by atoms with E-state index in [4.69, 9.17) is 0 Å². The van der Waals surface area contributed by atoms with Gasteiger partial charge in [-0.25, -0.2) is 0 Å². The molecule has 1 fully saturated rings. The van der Waals surface area contributed by atoms with Crippen molar-refractivity contribution in [3.8, 4) is 0 Å². The van der Waals surface area contributed by atoms with Gasteiger partial charge in [-0.3, -0.25) is 4.79 Å². The fraction of sp³-hybridized carbons (Fsp3) is 0.917. The minimum Gasteiger partial charge on any atom is -0.304 e. The summed E-state index contributed by atoms with van der Waals surface area (Å²) < 4.78 is 0. The lowest BCUT2D eigenvalue weighted by molar-refractivity contribution is -0.120. The van der Waals surface area contributed by atoms with E-state index in [2.05, 4.69) is 19.2 Å². The predicted molar refractivity (Wildman–Crippen MR) is 59.3 cm³/mol. The second-order valence-corrected chi connectivity index (χ2v) is 4.62. The maximum Gasteiger partial charge on any atom is 0.146 e. The quantitative estimate of drug-likeness (QED) is 0.733. The molecular weight excluding hydrogens is 174 g/mol. The molecule has 2 heteroatoms. The summed E-state index contributed by atoms with van der Waals surface area (Å²) in [6.07, 6.45) is 6.22. The van der Waals surface area contributed by atoms with Crippen LogP contribution in [-0.2, 0) is 4.79 Å². The van der Waals surface area contributed by atoms with Gasteiger partial charge in [0.1, 0.15) is 5.78 Å². The van der Waals surface area contributed by atoms with Crippen LogP contribution in [0.3, 0.4) is 0 Å². The van der Waals surface area contributed by atoms with Gasteiger partial charge in [0.25, 0.3) is 0 Å². The van der Waals surface area contributed by atoms with Crippen LogP contribution < -0.4 is 5.32 Å². The molecule has 0 aliphatic heterocycles. The van der Waals surface area contributed by atoms with Crippen molar-refractivity contribution in [3.05, 3.63) is 0 Å². The van der Waals surface area contributed by atoms with E-state index in [1.54, 1.807) is 6.92 Å². The van der Waals surface area contributed by atoms with Gasteiger partial charge in [-0.05, 0) is 25.7 Å². The Morgan fingerprint density at radius 1 is 1.43 bits per heavy atom. The van der Waals surface area contributed by atoms with Gasteiger partial charge in [-0.15, -0.1) is 0 Å². The number of hydrogen-bond acceptors (Lipinski definition) is 2. The number of carbonyl (C=O) groups is 1. The highest BCUT2D eigenvalue weighted by atomic mass is 16.1. The van der Waals surface area contributed by atoms with Crippen LogP contribution in [0.4, 0.5) is 0 Å². The third-order valence-corrected chi connectivity index (χ3v) is 3.42. The largest absolute Gasteiger partial charge is 0.304 e. The second-order valence-electron chi connectivity index (χ2n) is 4.62. The first-order valence-corrected chi connectivity index (χ1v) is 5.91. The maximum absolute atomic E-state index is 11.5. The summed E-state index contributed by atoms with van der Waals surface area (Å²) in [5.74, 6) is 0.763. The number of nitrogens with one attached hydrogen (secondary N) is 1. The molecule has 1 aliphatic carbocycles. The zero-order chi connectivity index (χ0) is 10.6. The van der Waals surface area contributed by atoms with Crippen LogP contribution in [-0.4, -0.2) is 17.9 Å². The van der Waals surface area contributed by atoms with E-state index in [0.717, 1.165) is 6.42 Å². The van der Waals surface area contributed by atoms with Crippen LogP contribution in [0.5, 0.6) is 0 Å². The fourth-order valence-electron chi connectivity index (χ4n) is 2.26. The van der Waals surface area contributed by atoms with Gasteiger partial charge in [0.05, 0.1) is 6.04 Å². The summed E-state index contributed by atoms with van der Waals surface area (Å²) in [5, 5.41) is 3.52. The molecule has 1 rings (SSSR count). The highest BCUT2D eigenvalue weighted by Crippen LogP contribution is 2.20. The van der Waals surface area contributed by atoms with E-state index in [1.165, 1.54) is 25.7 Å². The van der Waals surface area contributed by atoms with Crippen LogP contribution in [0.15, 0.2) is 0 Å². The average Bonchev–Trinajstić information content (AvgIpc) is 2.65. The lowest BCUT2D eigenvalue weighted by Gasteiger charge is -2.25.